The van der Waals surface area contributed by atoms with Crippen LogP contribution in [0.1, 0.15) is 22.4 Å². The Bertz CT molecular complexity index is 2170. The molecule has 0 unspecified atom stereocenters. The molecule has 0 saturated heterocycles. The Morgan fingerprint density at radius 3 is 1.36 bits per heavy atom. The number of rotatable bonds is 8. The highest BCUT2D eigenvalue weighted by Gasteiger charge is 2.06. The molecule has 0 aliphatic rings. The fourth-order valence-electron chi connectivity index (χ4n) is 5.42. The molecule has 8 aromatic rings. The largest absolute Gasteiger partial charge is 0.264 e. The van der Waals surface area contributed by atoms with Gasteiger partial charge < -0.3 is 0 Å². The second kappa shape index (κ2) is 15.9. The Hall–Kier alpha value is -6.80. The van der Waals surface area contributed by atoms with E-state index >= 15 is 0 Å². The molecule has 0 aromatic carbocycles. The number of hydrogen-bond donors (Lipinski definition) is 0. The van der Waals surface area contributed by atoms with Gasteiger partial charge in [0.15, 0.2) is 0 Å². The van der Waals surface area contributed by atoms with E-state index in [4.69, 9.17) is 4.98 Å². The maximum absolute atomic E-state index is 4.77. The predicted molar refractivity (Wildman–Crippen MR) is 195 cm³/mol. The first kappa shape index (κ1) is 31.8. The number of nitrogens with zero attached hydrogens (tertiary/aromatic N) is 8. The molecule has 240 valence electrons. The zero-order chi connectivity index (χ0) is 33.8. The summed E-state index contributed by atoms with van der Waals surface area (Å²) in [7, 11) is 0. The average molecular weight is 649 g/mol. The summed E-state index contributed by atoms with van der Waals surface area (Å²) in [5.74, 6) is 0. The van der Waals surface area contributed by atoms with E-state index in [9.17, 15) is 0 Å². The molecule has 8 rings (SSSR count). The molecule has 0 aliphatic carbocycles. The Morgan fingerprint density at radius 1 is 0.340 bits per heavy atom. The molecular formula is C42H32N8. The summed E-state index contributed by atoms with van der Waals surface area (Å²) < 4.78 is 0. The molecule has 0 N–H and O–H groups in total. The van der Waals surface area contributed by atoms with Gasteiger partial charge in [-0.1, -0.05) is 12.1 Å². The van der Waals surface area contributed by atoms with E-state index in [1.165, 1.54) is 11.1 Å². The van der Waals surface area contributed by atoms with Crippen molar-refractivity contribution in [2.45, 2.75) is 12.8 Å². The van der Waals surface area contributed by atoms with Gasteiger partial charge in [-0.05, 0) is 114 Å². The van der Waals surface area contributed by atoms with Crippen molar-refractivity contribution in [1.29, 1.82) is 0 Å². The van der Waals surface area contributed by atoms with Crippen LogP contribution in [0.3, 0.4) is 0 Å². The van der Waals surface area contributed by atoms with Crippen LogP contribution < -0.4 is 0 Å². The highest BCUT2D eigenvalue weighted by molar-refractivity contribution is 5.61. The van der Waals surface area contributed by atoms with Gasteiger partial charge in [0.2, 0.25) is 0 Å². The molecule has 50 heavy (non-hydrogen) atoms. The molecular weight excluding hydrogens is 617 g/mol. The van der Waals surface area contributed by atoms with Gasteiger partial charge in [0.1, 0.15) is 0 Å². The van der Waals surface area contributed by atoms with Gasteiger partial charge in [-0.2, -0.15) is 0 Å². The van der Waals surface area contributed by atoms with Gasteiger partial charge >= 0.3 is 0 Å². The summed E-state index contributed by atoms with van der Waals surface area (Å²) in [6.07, 6.45) is 21.5. The summed E-state index contributed by atoms with van der Waals surface area (Å²) in [6, 6.07) is 34.2. The molecule has 0 fully saturated rings. The van der Waals surface area contributed by atoms with E-state index in [0.29, 0.717) is 0 Å². The SMILES string of the molecule is c1cncc(-c2cc(Cc3cccc(-c4cccnc4)n3)ccn2)c1.c1cncc(-c2ccc(Cc3ccnc(-c4cccnc4)c3)cn2)c1. The molecule has 8 nitrogen and oxygen atoms in total. The highest BCUT2D eigenvalue weighted by atomic mass is 14.7. The summed E-state index contributed by atoms with van der Waals surface area (Å²) in [5, 5.41) is 0. The topological polar surface area (TPSA) is 103 Å². The lowest BCUT2D eigenvalue weighted by Crippen LogP contribution is -1.95. The molecule has 0 radical (unpaired) electrons. The minimum atomic E-state index is 0.754. The van der Waals surface area contributed by atoms with Gasteiger partial charge in [0.05, 0.1) is 22.8 Å². The average Bonchev–Trinajstić information content (AvgIpc) is 3.20. The van der Waals surface area contributed by atoms with Crippen LogP contribution in [0.5, 0.6) is 0 Å². The van der Waals surface area contributed by atoms with Crippen LogP contribution in [-0.4, -0.2) is 39.9 Å². The van der Waals surface area contributed by atoms with Crippen molar-refractivity contribution < 1.29 is 0 Å². The Kier molecular flexibility index (Phi) is 10.1. The van der Waals surface area contributed by atoms with Crippen molar-refractivity contribution in [3.8, 4) is 45.0 Å². The molecule has 8 aromatic heterocycles. The molecule has 0 spiro atoms. The number of aromatic nitrogens is 8. The second-order valence-corrected chi connectivity index (χ2v) is 11.5. The molecule has 8 heteroatoms. The van der Waals surface area contributed by atoms with Crippen LogP contribution in [0.4, 0.5) is 0 Å². The van der Waals surface area contributed by atoms with E-state index < -0.39 is 0 Å². The Labute approximate surface area is 290 Å². The van der Waals surface area contributed by atoms with Gasteiger partial charge in [-0.3, -0.25) is 39.9 Å². The summed E-state index contributed by atoms with van der Waals surface area (Å²) in [4.78, 5) is 34.8. The van der Waals surface area contributed by atoms with E-state index in [0.717, 1.165) is 69.1 Å². The first-order chi connectivity index (χ1) is 24.8. The summed E-state index contributed by atoms with van der Waals surface area (Å²) in [6.45, 7) is 0. The monoisotopic (exact) mass is 648 g/mol. The Morgan fingerprint density at radius 2 is 0.860 bits per heavy atom. The third-order valence-electron chi connectivity index (χ3n) is 7.90. The smallest absolute Gasteiger partial charge is 0.0720 e. The molecule has 0 aliphatic heterocycles. The van der Waals surface area contributed by atoms with Gasteiger partial charge in [0, 0.05) is 103 Å². The molecule has 8 heterocycles. The fraction of sp³-hybridized carbons (Fsp3) is 0.0476. The van der Waals surface area contributed by atoms with Crippen LogP contribution in [0.25, 0.3) is 45.0 Å². The van der Waals surface area contributed by atoms with E-state index in [1.807, 2.05) is 128 Å². The van der Waals surface area contributed by atoms with E-state index in [-0.39, 0.29) is 0 Å². The molecule has 0 saturated carbocycles. The maximum Gasteiger partial charge on any atom is 0.0720 e. The normalized spacial score (nSPS) is 10.6. The highest BCUT2D eigenvalue weighted by Crippen LogP contribution is 2.22. The van der Waals surface area contributed by atoms with Gasteiger partial charge in [-0.15, -0.1) is 0 Å². The van der Waals surface area contributed by atoms with Crippen molar-refractivity contribution in [3.05, 3.63) is 194 Å². The van der Waals surface area contributed by atoms with Crippen molar-refractivity contribution >= 4 is 0 Å². The zero-order valence-electron chi connectivity index (χ0n) is 27.2. The number of hydrogen-bond acceptors (Lipinski definition) is 8. The predicted octanol–water partition coefficient (Wildman–Crippen LogP) is 8.38. The second-order valence-electron chi connectivity index (χ2n) is 11.5. The lowest BCUT2D eigenvalue weighted by Gasteiger charge is -2.06. The first-order valence-corrected chi connectivity index (χ1v) is 16.2. The molecule has 0 atom stereocenters. The van der Waals surface area contributed by atoms with Gasteiger partial charge in [-0.25, -0.2) is 0 Å². The summed E-state index contributed by atoms with van der Waals surface area (Å²) >= 11 is 0. The van der Waals surface area contributed by atoms with E-state index in [2.05, 4.69) is 53.1 Å². The zero-order valence-corrected chi connectivity index (χ0v) is 27.2. The fourth-order valence-corrected chi connectivity index (χ4v) is 5.42. The van der Waals surface area contributed by atoms with Crippen LogP contribution >= 0.6 is 0 Å². The lowest BCUT2D eigenvalue weighted by molar-refractivity contribution is 1.07. The minimum Gasteiger partial charge on any atom is -0.264 e. The Balaban J connectivity index is 0.000000157. The van der Waals surface area contributed by atoms with Crippen LogP contribution in [0.2, 0.25) is 0 Å². The van der Waals surface area contributed by atoms with Crippen molar-refractivity contribution in [1.82, 2.24) is 39.9 Å². The van der Waals surface area contributed by atoms with Crippen molar-refractivity contribution in [3.63, 3.8) is 0 Å². The van der Waals surface area contributed by atoms with E-state index in [1.54, 1.807) is 24.8 Å². The van der Waals surface area contributed by atoms with Crippen molar-refractivity contribution in [2.24, 2.45) is 0 Å². The standard InChI is InChI=1S/2C21H16N4/c1-6-19(25-20(7-1)17-4-2-9-22-14-17)12-16-8-11-24-21(13-16)18-5-3-10-23-15-18;1-3-18(14-22-8-1)20-6-5-17(13-25-20)11-16-7-10-24-21(12-16)19-4-2-9-23-15-19/h1-11,13-15H,12H2;1-10,12-15H,11H2. The van der Waals surface area contributed by atoms with Crippen LogP contribution in [0, 0.1) is 0 Å². The summed E-state index contributed by atoms with van der Waals surface area (Å²) in [5.41, 5.74) is 12.4. The van der Waals surface area contributed by atoms with Gasteiger partial charge in [0.25, 0.3) is 0 Å². The lowest BCUT2D eigenvalue weighted by atomic mass is 10.0. The minimum absolute atomic E-state index is 0.754. The molecule has 0 bridgehead atoms. The number of pyridine rings is 8. The quantitative estimate of drug-likeness (QED) is 0.162. The van der Waals surface area contributed by atoms with Crippen LogP contribution in [0.15, 0.2) is 171 Å². The third kappa shape index (κ3) is 8.37. The van der Waals surface area contributed by atoms with Crippen molar-refractivity contribution in [2.75, 3.05) is 0 Å². The first-order valence-electron chi connectivity index (χ1n) is 16.2. The molecule has 0 amide bonds. The maximum atomic E-state index is 4.77. The third-order valence-corrected chi connectivity index (χ3v) is 7.90. The van der Waals surface area contributed by atoms with Crippen LogP contribution in [-0.2, 0) is 12.8 Å².